The third-order valence-corrected chi connectivity index (χ3v) is 29.5. The predicted molar refractivity (Wildman–Crippen MR) is 557 cm³/mol. The molecule has 0 radical (unpaired) electrons. The van der Waals surface area contributed by atoms with Gasteiger partial charge in [-0.15, -0.1) is 12.4 Å². The maximum absolute atomic E-state index is 15.5. The monoisotopic (exact) mass is 2420 g/mol. The van der Waals surface area contributed by atoms with Crippen molar-refractivity contribution >= 4 is 151 Å². The Morgan fingerprint density at radius 2 is 0.847 bits per heavy atom. The van der Waals surface area contributed by atoms with Crippen LogP contribution in [-0.2, 0) is 91.2 Å². The molecule has 33 nitrogen and oxygen atoms in total. The van der Waals surface area contributed by atoms with Crippen molar-refractivity contribution in [2.45, 2.75) is 323 Å². The number of aromatic nitrogens is 3. The van der Waals surface area contributed by atoms with Crippen LogP contribution in [0.2, 0.25) is 0 Å². The van der Waals surface area contributed by atoms with Crippen LogP contribution >= 0.6 is 29.3 Å². The SMILES string of the molecule is CC(C)(C)OC(=O)N1CC(=O)C[C@@H]1C(=O)Nc1cc(C(CCC2CC2)(N[S@](=O)C(C)(C)C)c2ccncc2)ccc1F.CC(C)(C)OC(=O)N1CC(=O)C[C@@H]1C(=O)O.CC(C)(C)OC(=O)N1C[C@@](O)(C2CC2)C[C@@H]1C(=O)Nc1cc(C(CCC2CC2)(N[S@](=O)C(C)(C)C)c2ccncc2)ccc1F.Cl.NC(CCC1CC1)(c1ccncc1)c1ccc(F)c(NC(=O)[C@H]2C[C@](O)(C3CC3)CN2)c1.O=CO[O-].[Br-].[CH-]1CC1.[Cl][Ce]([Cl])[Cl].[Mg+2].[Na+]. The van der Waals surface area contributed by atoms with E-state index in [1.807, 2.05) is 77.9 Å². The molecule has 11 atom stereocenters. The fraction of sp³-hybridized carbons (Fsp3) is 0.577. The molecule has 150 heavy (non-hydrogen) atoms. The first-order chi connectivity index (χ1) is 68.3. The molecule has 3 unspecified atom stereocenters. The molecule has 0 spiro atoms. The summed E-state index contributed by atoms with van der Waals surface area (Å²) >= 11 is -2.24. The summed E-state index contributed by atoms with van der Waals surface area (Å²) in [5.41, 5.74) is 19.5. The van der Waals surface area contributed by atoms with Gasteiger partial charge < -0.3 is 90.1 Å². The number of anilines is 3. The van der Waals surface area contributed by atoms with Gasteiger partial charge in [0.15, 0.2) is 11.6 Å². The van der Waals surface area contributed by atoms with Gasteiger partial charge in [-0.2, -0.15) is 0 Å². The number of aliphatic hydroxyl groups is 2. The maximum atomic E-state index is 15.5. The Bertz CT molecular complexity index is 5610. The molecular weight excluding hydrogens is 2280 g/mol. The van der Waals surface area contributed by atoms with E-state index in [0.717, 1.165) is 109 Å². The number of nitrogens with zero attached hydrogens (tertiary/aromatic N) is 6. The minimum absolute atomic E-state index is 0. The van der Waals surface area contributed by atoms with Gasteiger partial charge in [-0.1, -0.05) is 56.7 Å². The van der Waals surface area contributed by atoms with Crippen molar-refractivity contribution in [2.24, 2.45) is 35.3 Å². The van der Waals surface area contributed by atoms with Crippen LogP contribution < -0.4 is 88.2 Å². The molecule has 817 valence electrons. The van der Waals surface area contributed by atoms with E-state index in [9.17, 15) is 66.2 Å². The number of nitrogens with one attached hydrogen (secondary N) is 6. The van der Waals surface area contributed by atoms with E-state index < -0.39 is 184 Å². The molecule has 3 aromatic carbocycles. The first-order valence-corrected chi connectivity index (χ1v) is 63.5. The van der Waals surface area contributed by atoms with Gasteiger partial charge >= 0.3 is 124 Å². The van der Waals surface area contributed by atoms with Gasteiger partial charge in [0.1, 0.15) is 52.4 Å². The number of carboxylic acid groups (broad SMARTS) is 1. The Labute approximate surface area is 958 Å². The van der Waals surface area contributed by atoms with Crippen LogP contribution in [0.3, 0.4) is 0 Å². The van der Waals surface area contributed by atoms with Gasteiger partial charge in [0.2, 0.25) is 17.7 Å². The largest absolute Gasteiger partial charge is 2.00 e. The number of hydrogen-bond acceptors (Lipinski definition) is 24. The second kappa shape index (κ2) is 57.6. The van der Waals surface area contributed by atoms with Crippen LogP contribution in [0.4, 0.5) is 44.6 Å². The number of carbonyl (C=O) groups excluding carboxylic acids is 9. The summed E-state index contributed by atoms with van der Waals surface area (Å²) in [6, 6.07) is 21.2. The number of ketones is 2. The number of carboxylic acids is 1. The van der Waals surface area contributed by atoms with Crippen molar-refractivity contribution in [3.8, 4) is 0 Å². The minimum Gasteiger partial charge on any atom is 1.00 e. The summed E-state index contributed by atoms with van der Waals surface area (Å²) in [6.45, 7) is 26.4. The number of aliphatic carboxylic acids is 1. The molecule has 7 heterocycles. The molecule has 6 aliphatic carbocycles. The molecule has 6 saturated carbocycles. The number of likely N-dealkylation sites (tertiary alicyclic amines) is 3. The van der Waals surface area contributed by atoms with Crippen LogP contribution in [0.1, 0.15) is 278 Å². The topological polar surface area (TPSA) is 472 Å². The molecule has 46 heteroatoms. The van der Waals surface area contributed by atoms with Crippen LogP contribution in [0.5, 0.6) is 0 Å². The number of amides is 6. The fourth-order valence-electron chi connectivity index (χ4n) is 17.4. The number of benzene rings is 3. The summed E-state index contributed by atoms with van der Waals surface area (Å²) < 4.78 is 94.3. The first kappa shape index (κ1) is 133. The Morgan fingerprint density at radius 3 is 1.19 bits per heavy atom. The van der Waals surface area contributed by atoms with E-state index in [-0.39, 0.29) is 174 Å². The number of pyridine rings is 3. The molecule has 10 fully saturated rings. The molecule has 4 saturated heterocycles. The average Bonchev–Trinajstić information content (AvgIpc) is 1.64. The second-order valence-corrected chi connectivity index (χ2v) is 61.8. The molecule has 6 aromatic rings. The van der Waals surface area contributed by atoms with Crippen molar-refractivity contribution < 1.29 is 186 Å². The molecule has 3 aromatic heterocycles. The van der Waals surface area contributed by atoms with Gasteiger partial charge in [-0.25, -0.2) is 63.1 Å². The van der Waals surface area contributed by atoms with Gasteiger partial charge in [0, 0.05) is 69.4 Å². The molecular formula is C104H141BrCeCl4F3MgN13NaO20S2. The van der Waals surface area contributed by atoms with E-state index >= 15 is 8.78 Å². The van der Waals surface area contributed by atoms with Crippen molar-refractivity contribution in [1.82, 2.24) is 44.4 Å². The number of nitrogens with two attached hydrogens (primary N) is 1. The van der Waals surface area contributed by atoms with Crippen LogP contribution in [0.15, 0.2) is 128 Å². The van der Waals surface area contributed by atoms with E-state index in [2.05, 4.69) is 57.0 Å². The third-order valence-electron chi connectivity index (χ3n) is 26.2. The summed E-state index contributed by atoms with van der Waals surface area (Å²) in [6.07, 6.45) is 28.3. The van der Waals surface area contributed by atoms with Crippen molar-refractivity contribution in [3.05, 3.63) is 185 Å². The smallest absolute Gasteiger partial charge is 1.00 e. The molecule has 0 bridgehead atoms. The van der Waals surface area contributed by atoms with E-state index in [0.29, 0.717) is 54.7 Å². The van der Waals surface area contributed by atoms with Crippen molar-refractivity contribution in [1.29, 1.82) is 0 Å². The second-order valence-electron chi connectivity index (χ2n) is 44.0. The van der Waals surface area contributed by atoms with Crippen LogP contribution in [0, 0.1) is 84.1 Å². The molecule has 10 aliphatic rings. The zero-order chi connectivity index (χ0) is 108. The maximum Gasteiger partial charge on any atom is 2.00 e. The third kappa shape index (κ3) is 40.0. The standard InChI is InChI=1S/C34H47FN4O5S.C31H41FN4O5S.C25H31FN4O2.C10H15NO5.C3H5.CH2O3.BrH.Ce.4ClH.Mg.Na/c1-31(2,3)44-30(41)39-21-33(42,23-9-10-23)20-28(39)29(40)37-27-19-25(11-12-26(27)35)34(16-13-22-7-8-22,24-14-17-36-18-15-24)38-45(43)32(4,5)6;1-29(2,3)41-28(39)36-19-23(37)18-26(36)27(38)34-25-17-22(9-10-24(25)32)31(14-11-20-7-8-20,21-12-15-33-16-13-21)35-42(40)30(4,5)6;26-20-6-5-19(25(27,10-7-16-1-2-16)18-8-11-28-12-9-18)13-21(20)30-23(31)22-14-24(32,15-29-22)17-3-4-17;1-10(2,3)16-9(15)11-5-6(12)4-7(11)8(13)14;1-2-3-1;2-1-4-3;;;;;;;;/h11-12,14-15,17-19,22-23,28,38,42H,7-10,13,16,20-21H2,1-6H3,(H,37,40);9-10,12-13,15-17,20,26,35H,7-8,11,14,18-19H2,1-6H3,(H,34,38);5-6,8-9,11-13,16-17,22,29,32H,1-4,7,10,14-15,27H2,(H,30,31);7H,4-5H2,1-3H3,(H,13,14);1H,2-3H2;1,3H;1H;;4*1H;;/q;;;;-1;;;+3;;;;;+2;+1/p-5/t28-,33-,34?,45-;26-,31?,42-;22-,24-,25?;7-;;;;;;;;;;/m1111........../s1. The molecule has 11 N–H and O–H groups in total. The summed E-state index contributed by atoms with van der Waals surface area (Å²) in [5.74, 6) is -3.09. The quantitative estimate of drug-likeness (QED) is 0.00521. The number of β-amino-alcohol motifs (C(OH)–C–C–N with tert-alkyl or cyclic N) is 2. The van der Waals surface area contributed by atoms with Crippen molar-refractivity contribution in [3.63, 3.8) is 0 Å². The Balaban J connectivity index is 0.000000303. The predicted octanol–water partition coefficient (Wildman–Crippen LogP) is 10.3. The molecule has 6 amide bonds. The summed E-state index contributed by atoms with van der Waals surface area (Å²) in [7, 11) is -2.99. The summed E-state index contributed by atoms with van der Waals surface area (Å²) in [4.78, 5) is 139. The van der Waals surface area contributed by atoms with Crippen molar-refractivity contribution in [2.75, 3.05) is 42.1 Å². The van der Waals surface area contributed by atoms with Gasteiger partial charge in [-0.3, -0.25) is 58.4 Å². The van der Waals surface area contributed by atoms with Crippen LogP contribution in [-0.4, -0.2) is 224 Å². The number of Topliss-reactive ketones (excluding diaryl/α,β-unsaturated/α-hetero) is 2. The first-order valence-electron chi connectivity index (χ1n) is 49.4. The number of carbonyl (C=O) groups is 10. The van der Waals surface area contributed by atoms with E-state index in [1.165, 1.54) is 48.8 Å². The normalized spacial score (nSPS) is 21.6. The average molecular weight is 2420 g/mol. The van der Waals surface area contributed by atoms with Crippen LogP contribution in [0.25, 0.3) is 0 Å². The van der Waals surface area contributed by atoms with E-state index in [4.69, 9.17) is 52.0 Å². The zero-order valence-corrected chi connectivity index (χ0v) is 101. The molecule has 16 rings (SSSR count). The molecule has 4 aliphatic heterocycles. The Morgan fingerprint density at radius 1 is 0.520 bits per heavy atom. The van der Waals surface area contributed by atoms with Gasteiger partial charge in [-0.05, 0) is 304 Å². The van der Waals surface area contributed by atoms with Gasteiger partial charge in [0.05, 0.1) is 102 Å². The fourth-order valence-corrected chi connectivity index (χ4v) is 19.3. The van der Waals surface area contributed by atoms with E-state index in [1.54, 1.807) is 136 Å². The number of rotatable bonds is 29. The Kier molecular flexibility index (Phi) is 51.0. The Hall–Kier alpha value is -5.80. The number of hydrogen-bond donors (Lipinski definition) is 10. The summed E-state index contributed by atoms with van der Waals surface area (Å²) in [5, 5.41) is 50.6. The number of halogens is 8. The number of ether oxygens (including phenoxy) is 3. The zero-order valence-electron chi connectivity index (χ0n) is 88.0. The minimum atomic E-state index is -2.24. The van der Waals surface area contributed by atoms with Gasteiger partial charge in [0.25, 0.3) is 6.47 Å².